The van der Waals surface area contributed by atoms with Crippen molar-refractivity contribution in [2.24, 2.45) is 0 Å². The standard InChI is InChI=1S/2C6H5N3/c1-2-8-6-5(1)3-7-4-9-6;1-2-7-6-4-9-8-3-5(1)6/h1-4H,(H,7,8,9);1-4,7H. The summed E-state index contributed by atoms with van der Waals surface area (Å²) in [5.74, 6) is 0. The number of hydrogen-bond donors (Lipinski definition) is 2. The first-order valence-corrected chi connectivity index (χ1v) is 5.40. The third-order valence-electron chi connectivity index (χ3n) is 2.49. The highest BCUT2D eigenvalue weighted by atomic mass is 15.1. The number of nitrogens with one attached hydrogen (secondary N) is 2. The molecule has 0 aliphatic carbocycles. The summed E-state index contributed by atoms with van der Waals surface area (Å²) in [6.45, 7) is 0. The predicted octanol–water partition coefficient (Wildman–Crippen LogP) is 1.92. The van der Waals surface area contributed by atoms with Crippen molar-refractivity contribution in [2.45, 2.75) is 0 Å². The van der Waals surface area contributed by atoms with Crippen molar-refractivity contribution in [1.29, 1.82) is 0 Å². The zero-order valence-electron chi connectivity index (χ0n) is 9.41. The van der Waals surface area contributed by atoms with Gasteiger partial charge in [0.25, 0.3) is 0 Å². The van der Waals surface area contributed by atoms with E-state index in [1.54, 1.807) is 18.6 Å². The van der Waals surface area contributed by atoms with Gasteiger partial charge in [-0.3, -0.25) is 0 Å². The molecule has 0 unspecified atom stereocenters. The van der Waals surface area contributed by atoms with Gasteiger partial charge in [-0.25, -0.2) is 9.97 Å². The number of aromatic nitrogens is 6. The minimum atomic E-state index is 0.894. The van der Waals surface area contributed by atoms with Gasteiger partial charge in [0.15, 0.2) is 0 Å². The molecule has 0 atom stereocenters. The van der Waals surface area contributed by atoms with Gasteiger partial charge in [-0.2, -0.15) is 10.2 Å². The molecule has 0 amide bonds. The van der Waals surface area contributed by atoms with Crippen molar-refractivity contribution < 1.29 is 0 Å². The van der Waals surface area contributed by atoms with E-state index in [0.717, 1.165) is 21.9 Å². The number of nitrogens with zero attached hydrogens (tertiary/aromatic N) is 4. The highest BCUT2D eigenvalue weighted by molar-refractivity contribution is 5.76. The van der Waals surface area contributed by atoms with Gasteiger partial charge in [0.1, 0.15) is 12.0 Å². The van der Waals surface area contributed by atoms with Gasteiger partial charge in [-0.05, 0) is 12.1 Å². The first-order valence-electron chi connectivity index (χ1n) is 5.40. The van der Waals surface area contributed by atoms with E-state index in [-0.39, 0.29) is 0 Å². The molecule has 18 heavy (non-hydrogen) atoms. The topological polar surface area (TPSA) is 83.1 Å². The number of fused-ring (bicyclic) bond motifs is 2. The van der Waals surface area contributed by atoms with E-state index >= 15 is 0 Å². The Bertz CT molecular complexity index is 631. The van der Waals surface area contributed by atoms with Crippen molar-refractivity contribution >= 4 is 21.9 Å². The fourth-order valence-corrected chi connectivity index (χ4v) is 1.60. The predicted molar refractivity (Wildman–Crippen MR) is 67.8 cm³/mol. The Hall–Kier alpha value is -2.76. The van der Waals surface area contributed by atoms with Crippen LogP contribution in [0.3, 0.4) is 0 Å². The van der Waals surface area contributed by atoms with Crippen LogP contribution >= 0.6 is 0 Å². The Morgan fingerprint density at radius 3 is 2.56 bits per heavy atom. The normalized spacial score (nSPS) is 10.2. The van der Waals surface area contributed by atoms with Gasteiger partial charge >= 0.3 is 0 Å². The molecule has 0 saturated heterocycles. The molecule has 4 heterocycles. The summed E-state index contributed by atoms with van der Waals surface area (Å²) >= 11 is 0. The second kappa shape index (κ2) is 4.62. The summed E-state index contributed by atoms with van der Waals surface area (Å²) in [7, 11) is 0. The lowest BCUT2D eigenvalue weighted by atomic mass is 10.4. The van der Waals surface area contributed by atoms with E-state index < -0.39 is 0 Å². The van der Waals surface area contributed by atoms with E-state index in [4.69, 9.17) is 0 Å². The Morgan fingerprint density at radius 2 is 1.67 bits per heavy atom. The maximum Gasteiger partial charge on any atom is 0.140 e. The lowest BCUT2D eigenvalue weighted by Crippen LogP contribution is -1.75. The minimum Gasteiger partial charge on any atom is -0.360 e. The zero-order valence-corrected chi connectivity index (χ0v) is 9.41. The quantitative estimate of drug-likeness (QED) is 0.490. The van der Waals surface area contributed by atoms with Crippen molar-refractivity contribution in [1.82, 2.24) is 30.1 Å². The Balaban J connectivity index is 0.000000111. The lowest BCUT2D eigenvalue weighted by Gasteiger charge is -1.81. The van der Waals surface area contributed by atoms with Gasteiger partial charge in [0.2, 0.25) is 0 Å². The molecule has 0 saturated carbocycles. The molecule has 0 aromatic carbocycles. The fourth-order valence-electron chi connectivity index (χ4n) is 1.60. The molecule has 0 aliphatic rings. The third-order valence-corrected chi connectivity index (χ3v) is 2.49. The molecule has 88 valence electrons. The van der Waals surface area contributed by atoms with Crippen LogP contribution in [-0.2, 0) is 0 Å². The molecule has 2 N–H and O–H groups in total. The molecule has 0 fully saturated rings. The summed E-state index contributed by atoms with van der Waals surface area (Å²) in [6.07, 6.45) is 10.5. The maximum atomic E-state index is 3.97. The summed E-state index contributed by atoms with van der Waals surface area (Å²) < 4.78 is 0. The highest BCUT2D eigenvalue weighted by Crippen LogP contribution is 2.05. The van der Waals surface area contributed by atoms with E-state index in [9.17, 15) is 0 Å². The molecule has 4 rings (SSSR count). The third kappa shape index (κ3) is 2.03. The number of H-pyrrole nitrogens is 2. The summed E-state index contributed by atoms with van der Waals surface area (Å²) in [5, 5.41) is 9.57. The minimum absolute atomic E-state index is 0.894. The number of rotatable bonds is 0. The van der Waals surface area contributed by atoms with Crippen LogP contribution in [0.1, 0.15) is 0 Å². The van der Waals surface area contributed by atoms with Crippen LogP contribution in [0.4, 0.5) is 0 Å². The number of aromatic amines is 2. The maximum absolute atomic E-state index is 3.97. The van der Waals surface area contributed by atoms with Gasteiger partial charge in [-0.15, -0.1) is 0 Å². The Kier molecular flexibility index (Phi) is 2.67. The summed E-state index contributed by atoms with van der Waals surface area (Å²) in [5.41, 5.74) is 1.93. The Labute approximate surface area is 102 Å². The van der Waals surface area contributed by atoms with E-state index in [0.29, 0.717) is 0 Å². The average molecular weight is 238 g/mol. The zero-order chi connectivity index (χ0) is 12.2. The van der Waals surface area contributed by atoms with Crippen LogP contribution in [0.25, 0.3) is 21.9 Å². The monoisotopic (exact) mass is 238 g/mol. The van der Waals surface area contributed by atoms with Crippen LogP contribution in [0, 0.1) is 0 Å². The smallest absolute Gasteiger partial charge is 0.140 e. The Morgan fingerprint density at radius 1 is 0.833 bits per heavy atom. The molecule has 6 heteroatoms. The fraction of sp³-hybridized carbons (Fsp3) is 0. The van der Waals surface area contributed by atoms with Crippen molar-refractivity contribution in [3.8, 4) is 0 Å². The van der Waals surface area contributed by atoms with Crippen LogP contribution < -0.4 is 0 Å². The average Bonchev–Trinajstić information content (AvgIpc) is 3.08. The van der Waals surface area contributed by atoms with E-state index in [1.807, 2.05) is 24.5 Å². The molecule has 4 aromatic rings. The van der Waals surface area contributed by atoms with Crippen LogP contribution in [0.15, 0.2) is 49.4 Å². The largest absolute Gasteiger partial charge is 0.360 e. The SMILES string of the molecule is c1cc2cnncc2[nH]1.c1ncc2cc[nH]c2n1. The molecule has 0 spiro atoms. The summed E-state index contributed by atoms with van der Waals surface area (Å²) in [4.78, 5) is 13.8. The van der Waals surface area contributed by atoms with Gasteiger partial charge in [0, 0.05) is 29.4 Å². The van der Waals surface area contributed by atoms with Crippen molar-refractivity contribution in [2.75, 3.05) is 0 Å². The van der Waals surface area contributed by atoms with Gasteiger partial charge in [0.05, 0.1) is 17.9 Å². The molecular formula is C12H10N6. The second-order valence-corrected chi connectivity index (χ2v) is 3.64. The summed E-state index contributed by atoms with van der Waals surface area (Å²) in [6, 6.07) is 3.90. The van der Waals surface area contributed by atoms with E-state index in [2.05, 4.69) is 30.1 Å². The van der Waals surface area contributed by atoms with Crippen LogP contribution in [0.5, 0.6) is 0 Å². The second-order valence-electron chi connectivity index (χ2n) is 3.64. The molecule has 0 aliphatic heterocycles. The van der Waals surface area contributed by atoms with Crippen LogP contribution in [-0.4, -0.2) is 30.1 Å². The van der Waals surface area contributed by atoms with Gasteiger partial charge in [-0.1, -0.05) is 0 Å². The first-order chi connectivity index (χ1) is 8.93. The van der Waals surface area contributed by atoms with Crippen molar-refractivity contribution in [3.63, 3.8) is 0 Å². The van der Waals surface area contributed by atoms with Gasteiger partial charge < -0.3 is 9.97 Å². The lowest BCUT2D eigenvalue weighted by molar-refractivity contribution is 1.05. The highest BCUT2D eigenvalue weighted by Gasteiger charge is 1.89. The molecule has 6 nitrogen and oxygen atoms in total. The van der Waals surface area contributed by atoms with E-state index in [1.165, 1.54) is 6.33 Å². The first kappa shape index (κ1) is 10.4. The molecule has 0 radical (unpaired) electrons. The van der Waals surface area contributed by atoms with Crippen LogP contribution in [0.2, 0.25) is 0 Å². The molecular weight excluding hydrogens is 228 g/mol. The number of hydrogen-bond acceptors (Lipinski definition) is 4. The van der Waals surface area contributed by atoms with Crippen molar-refractivity contribution in [3.05, 3.63) is 49.4 Å². The molecule has 4 aromatic heterocycles. The molecule has 0 bridgehead atoms.